The Morgan fingerprint density at radius 1 is 1.64 bits per heavy atom. The van der Waals surface area contributed by atoms with E-state index < -0.39 is 22.6 Å². The number of aromatic nitrogens is 1. The Balaban J connectivity index is 3.45. The molecular formula is C7H5ClF2N2O2. The number of pyridine rings is 1. The van der Waals surface area contributed by atoms with E-state index in [1.54, 1.807) is 0 Å². The molecule has 0 aliphatic heterocycles. The minimum atomic E-state index is -2.96. The molecule has 0 saturated carbocycles. The summed E-state index contributed by atoms with van der Waals surface area (Å²) in [6, 6.07) is 0. The van der Waals surface area contributed by atoms with Crippen molar-refractivity contribution < 1.29 is 13.7 Å². The van der Waals surface area contributed by atoms with E-state index in [4.69, 9.17) is 11.6 Å². The standard InChI is InChI=1S/C7H5ClF2N2O2/c1-3-5(8)6(12(13)14)4(2-11-3)7(9)10/h2,7H,1H3. The zero-order valence-corrected chi connectivity index (χ0v) is 7.76. The topological polar surface area (TPSA) is 56.0 Å². The van der Waals surface area contributed by atoms with Crippen LogP contribution in [0.5, 0.6) is 0 Å². The molecular weight excluding hydrogens is 218 g/mol. The highest BCUT2D eigenvalue weighted by Crippen LogP contribution is 2.35. The van der Waals surface area contributed by atoms with Gasteiger partial charge in [0.1, 0.15) is 10.6 Å². The number of aryl methyl sites for hydroxylation is 1. The maximum atomic E-state index is 12.3. The first-order valence-electron chi connectivity index (χ1n) is 3.52. The summed E-state index contributed by atoms with van der Waals surface area (Å²) >= 11 is 5.50. The third-order valence-electron chi connectivity index (χ3n) is 1.61. The van der Waals surface area contributed by atoms with E-state index in [0.717, 1.165) is 6.20 Å². The maximum Gasteiger partial charge on any atom is 0.300 e. The summed E-state index contributed by atoms with van der Waals surface area (Å²) in [5.41, 5.74) is -1.37. The molecule has 1 rings (SSSR count). The number of rotatable bonds is 2. The molecule has 0 saturated heterocycles. The SMILES string of the molecule is Cc1ncc(C(F)F)c([N+](=O)[O-])c1Cl. The summed E-state index contributed by atoms with van der Waals surface area (Å²) in [7, 11) is 0. The molecule has 0 bridgehead atoms. The van der Waals surface area contributed by atoms with E-state index in [-0.39, 0.29) is 10.7 Å². The fraction of sp³-hybridized carbons (Fsp3) is 0.286. The molecule has 0 spiro atoms. The van der Waals surface area contributed by atoms with Crippen LogP contribution >= 0.6 is 11.6 Å². The molecule has 0 atom stereocenters. The van der Waals surface area contributed by atoms with Gasteiger partial charge in [-0.05, 0) is 6.92 Å². The smallest absolute Gasteiger partial charge is 0.259 e. The van der Waals surface area contributed by atoms with Crippen molar-refractivity contribution >= 4 is 17.3 Å². The number of nitrogens with zero attached hydrogens (tertiary/aromatic N) is 2. The van der Waals surface area contributed by atoms with Crippen LogP contribution in [0.2, 0.25) is 5.02 Å². The van der Waals surface area contributed by atoms with Crippen LogP contribution in [0.4, 0.5) is 14.5 Å². The van der Waals surface area contributed by atoms with Gasteiger partial charge in [-0.1, -0.05) is 11.6 Å². The molecule has 1 aromatic heterocycles. The summed E-state index contributed by atoms with van der Waals surface area (Å²) in [5.74, 6) is 0. The van der Waals surface area contributed by atoms with Crippen molar-refractivity contribution in [3.05, 3.63) is 32.6 Å². The Morgan fingerprint density at radius 2 is 2.21 bits per heavy atom. The molecule has 0 unspecified atom stereocenters. The fourth-order valence-corrected chi connectivity index (χ4v) is 1.15. The van der Waals surface area contributed by atoms with Gasteiger partial charge in [0.25, 0.3) is 12.1 Å². The van der Waals surface area contributed by atoms with Crippen LogP contribution in [0.3, 0.4) is 0 Å². The van der Waals surface area contributed by atoms with Crippen molar-refractivity contribution in [2.24, 2.45) is 0 Å². The van der Waals surface area contributed by atoms with Crippen molar-refractivity contribution in [1.29, 1.82) is 0 Å². The second-order valence-corrected chi connectivity index (χ2v) is 2.90. The molecule has 76 valence electrons. The van der Waals surface area contributed by atoms with Gasteiger partial charge in [0.2, 0.25) is 0 Å². The Bertz CT molecular complexity index is 384. The van der Waals surface area contributed by atoms with Crippen LogP contribution in [0.25, 0.3) is 0 Å². The molecule has 1 aromatic rings. The lowest BCUT2D eigenvalue weighted by Gasteiger charge is -2.04. The van der Waals surface area contributed by atoms with Crippen LogP contribution < -0.4 is 0 Å². The largest absolute Gasteiger partial charge is 0.300 e. The van der Waals surface area contributed by atoms with Crippen LogP contribution in [0.1, 0.15) is 17.7 Å². The third-order valence-corrected chi connectivity index (χ3v) is 2.07. The van der Waals surface area contributed by atoms with Crippen molar-refractivity contribution in [1.82, 2.24) is 4.98 Å². The normalized spacial score (nSPS) is 10.6. The average molecular weight is 223 g/mol. The van der Waals surface area contributed by atoms with E-state index in [2.05, 4.69) is 4.98 Å². The first-order valence-corrected chi connectivity index (χ1v) is 3.90. The lowest BCUT2D eigenvalue weighted by atomic mass is 10.2. The molecule has 1 heterocycles. The Hall–Kier alpha value is -1.30. The molecule has 0 amide bonds. The lowest BCUT2D eigenvalue weighted by molar-refractivity contribution is -0.386. The summed E-state index contributed by atoms with van der Waals surface area (Å²) in [6.07, 6.45) is -2.19. The lowest BCUT2D eigenvalue weighted by Crippen LogP contribution is -2.00. The average Bonchev–Trinajstić information content (AvgIpc) is 2.08. The summed E-state index contributed by atoms with van der Waals surface area (Å²) in [5, 5.41) is 10.1. The Labute approximate surface area is 82.7 Å². The van der Waals surface area contributed by atoms with E-state index in [0.29, 0.717) is 0 Å². The first kappa shape index (κ1) is 10.8. The van der Waals surface area contributed by atoms with Gasteiger partial charge >= 0.3 is 0 Å². The van der Waals surface area contributed by atoms with Crippen molar-refractivity contribution in [3.8, 4) is 0 Å². The monoisotopic (exact) mass is 222 g/mol. The highest BCUT2D eigenvalue weighted by atomic mass is 35.5. The summed E-state index contributed by atoms with van der Waals surface area (Å²) < 4.78 is 24.6. The number of halogens is 3. The quantitative estimate of drug-likeness (QED) is 0.571. The van der Waals surface area contributed by atoms with Gasteiger partial charge in [0.05, 0.1) is 10.6 Å². The predicted octanol–water partition coefficient (Wildman–Crippen LogP) is 2.89. The highest BCUT2D eigenvalue weighted by molar-refractivity contribution is 6.33. The molecule has 14 heavy (non-hydrogen) atoms. The number of hydrogen-bond donors (Lipinski definition) is 0. The van der Waals surface area contributed by atoms with Gasteiger partial charge in [0, 0.05) is 6.20 Å². The molecule has 0 N–H and O–H groups in total. The van der Waals surface area contributed by atoms with Crippen molar-refractivity contribution in [2.45, 2.75) is 13.3 Å². The Morgan fingerprint density at radius 3 is 2.64 bits per heavy atom. The van der Waals surface area contributed by atoms with Crippen LogP contribution in [0, 0.1) is 17.0 Å². The van der Waals surface area contributed by atoms with Crippen molar-refractivity contribution in [3.63, 3.8) is 0 Å². The van der Waals surface area contributed by atoms with E-state index in [1.165, 1.54) is 6.92 Å². The minimum Gasteiger partial charge on any atom is -0.259 e. The third kappa shape index (κ3) is 1.79. The summed E-state index contributed by atoms with van der Waals surface area (Å²) in [6.45, 7) is 1.41. The van der Waals surface area contributed by atoms with Gasteiger partial charge in [-0.3, -0.25) is 15.1 Å². The van der Waals surface area contributed by atoms with Crippen LogP contribution in [0.15, 0.2) is 6.20 Å². The first-order chi connectivity index (χ1) is 6.45. The second-order valence-electron chi connectivity index (χ2n) is 2.52. The van der Waals surface area contributed by atoms with E-state index in [1.807, 2.05) is 0 Å². The zero-order chi connectivity index (χ0) is 10.9. The van der Waals surface area contributed by atoms with E-state index >= 15 is 0 Å². The molecule has 7 heteroatoms. The molecule has 0 aliphatic carbocycles. The molecule has 4 nitrogen and oxygen atoms in total. The predicted molar refractivity (Wildman–Crippen MR) is 45.6 cm³/mol. The van der Waals surface area contributed by atoms with Gasteiger partial charge < -0.3 is 0 Å². The minimum absolute atomic E-state index is 0.155. The van der Waals surface area contributed by atoms with Crippen molar-refractivity contribution in [2.75, 3.05) is 0 Å². The molecule has 0 aromatic carbocycles. The Kier molecular flexibility index (Phi) is 2.95. The van der Waals surface area contributed by atoms with E-state index in [9.17, 15) is 18.9 Å². The number of alkyl halides is 2. The molecule has 0 radical (unpaired) electrons. The van der Waals surface area contributed by atoms with Gasteiger partial charge in [-0.2, -0.15) is 0 Å². The second kappa shape index (κ2) is 3.83. The maximum absolute atomic E-state index is 12.3. The number of nitro groups is 1. The van der Waals surface area contributed by atoms with Gasteiger partial charge in [-0.25, -0.2) is 8.78 Å². The van der Waals surface area contributed by atoms with Gasteiger partial charge in [-0.15, -0.1) is 0 Å². The zero-order valence-electron chi connectivity index (χ0n) is 7.00. The fourth-order valence-electron chi connectivity index (χ4n) is 0.928. The van der Waals surface area contributed by atoms with Gasteiger partial charge in [0.15, 0.2) is 0 Å². The molecule has 0 aliphatic rings. The summed E-state index contributed by atoms with van der Waals surface area (Å²) in [4.78, 5) is 13.1. The number of hydrogen-bond acceptors (Lipinski definition) is 3. The van der Waals surface area contributed by atoms with Crippen LogP contribution in [-0.2, 0) is 0 Å². The van der Waals surface area contributed by atoms with Crippen LogP contribution in [-0.4, -0.2) is 9.91 Å². The highest BCUT2D eigenvalue weighted by Gasteiger charge is 2.26. The molecule has 0 fully saturated rings.